The number of hydrogen-bond acceptors (Lipinski definition) is 3. The minimum Gasteiger partial charge on any atom is -0.465 e. The molecule has 1 fully saturated rings. The van der Waals surface area contributed by atoms with Crippen molar-refractivity contribution < 1.29 is 23.9 Å². The van der Waals surface area contributed by atoms with Crippen LogP contribution in [0.4, 0.5) is 9.18 Å². The number of carbonyl (C=O) groups excluding carboxylic acids is 1. The van der Waals surface area contributed by atoms with Gasteiger partial charge < -0.3 is 5.11 Å². The third-order valence-electron chi connectivity index (χ3n) is 2.37. The second-order valence-corrected chi connectivity index (χ2v) is 3.30. The second-order valence-electron chi connectivity index (χ2n) is 3.30. The van der Waals surface area contributed by atoms with Crippen molar-refractivity contribution in [1.29, 1.82) is 0 Å². The van der Waals surface area contributed by atoms with Crippen LogP contribution in [0.2, 0.25) is 0 Å². The predicted octanol–water partition coefficient (Wildman–Crippen LogP) is 0.0966. The van der Waals surface area contributed by atoms with E-state index in [-0.39, 0.29) is 13.0 Å². The van der Waals surface area contributed by atoms with Crippen LogP contribution in [0.3, 0.4) is 0 Å². The Morgan fingerprint density at radius 3 is 2.67 bits per heavy atom. The largest absolute Gasteiger partial charge is 0.465 e. The number of amides is 2. The molecule has 0 aromatic carbocycles. The highest BCUT2D eigenvalue weighted by Crippen LogP contribution is 2.21. The Morgan fingerprint density at radius 2 is 2.20 bits per heavy atom. The molecule has 1 heterocycles. The molecule has 1 aliphatic heterocycles. The Labute approximate surface area is 86.2 Å². The Bertz CT molecular complexity index is 273. The monoisotopic (exact) mass is 220 g/mol. The fourth-order valence-electron chi connectivity index (χ4n) is 1.53. The average Bonchev–Trinajstić information content (AvgIpc) is 2.58. The van der Waals surface area contributed by atoms with Crippen molar-refractivity contribution in [2.75, 3.05) is 20.7 Å². The number of halogens is 1. The van der Waals surface area contributed by atoms with Crippen LogP contribution < -0.4 is 0 Å². The SMILES string of the molecule is CON(C)C(=O)[C@@H]1C[C@@H](F)CN1C(=O)O. The van der Waals surface area contributed by atoms with Crippen LogP contribution in [0.5, 0.6) is 0 Å². The van der Waals surface area contributed by atoms with Gasteiger partial charge in [0.05, 0.1) is 13.7 Å². The molecule has 7 heteroatoms. The predicted molar refractivity (Wildman–Crippen MR) is 47.8 cm³/mol. The van der Waals surface area contributed by atoms with E-state index in [0.717, 1.165) is 9.96 Å². The molecule has 0 spiro atoms. The molecule has 1 rings (SSSR count). The van der Waals surface area contributed by atoms with Crippen LogP contribution in [0.25, 0.3) is 0 Å². The highest BCUT2D eigenvalue weighted by Gasteiger charge is 2.41. The molecule has 0 aliphatic carbocycles. The lowest BCUT2D eigenvalue weighted by molar-refractivity contribution is -0.173. The lowest BCUT2D eigenvalue weighted by Crippen LogP contribution is -2.45. The van der Waals surface area contributed by atoms with E-state index >= 15 is 0 Å². The summed E-state index contributed by atoms with van der Waals surface area (Å²) in [6, 6.07) is -0.984. The molecule has 0 radical (unpaired) electrons. The first kappa shape index (κ1) is 11.7. The van der Waals surface area contributed by atoms with E-state index in [4.69, 9.17) is 5.11 Å². The molecule has 0 bridgehead atoms. The van der Waals surface area contributed by atoms with E-state index in [1.165, 1.54) is 14.2 Å². The molecule has 1 saturated heterocycles. The number of nitrogens with zero attached hydrogens (tertiary/aromatic N) is 2. The van der Waals surface area contributed by atoms with Gasteiger partial charge in [0, 0.05) is 13.5 Å². The zero-order valence-corrected chi connectivity index (χ0v) is 8.51. The van der Waals surface area contributed by atoms with Gasteiger partial charge in [0.1, 0.15) is 12.2 Å². The van der Waals surface area contributed by atoms with E-state index in [2.05, 4.69) is 4.84 Å². The maximum Gasteiger partial charge on any atom is 0.408 e. The highest BCUT2D eigenvalue weighted by atomic mass is 19.1. The average molecular weight is 220 g/mol. The van der Waals surface area contributed by atoms with Gasteiger partial charge in [-0.15, -0.1) is 0 Å². The van der Waals surface area contributed by atoms with Gasteiger partial charge in [0.25, 0.3) is 5.91 Å². The van der Waals surface area contributed by atoms with Crippen LogP contribution in [0.15, 0.2) is 0 Å². The summed E-state index contributed by atoms with van der Waals surface area (Å²) in [5.74, 6) is -0.556. The lowest BCUT2D eigenvalue weighted by atomic mass is 10.2. The molecule has 2 amide bonds. The Balaban J connectivity index is 2.75. The third kappa shape index (κ3) is 2.35. The normalized spacial score (nSPS) is 25.4. The summed E-state index contributed by atoms with van der Waals surface area (Å²) in [4.78, 5) is 27.7. The summed E-state index contributed by atoms with van der Waals surface area (Å²) in [7, 11) is 2.64. The second kappa shape index (κ2) is 4.43. The number of hydroxylamine groups is 2. The molecule has 0 unspecified atom stereocenters. The maximum atomic E-state index is 13.0. The first-order valence-electron chi connectivity index (χ1n) is 4.42. The summed E-state index contributed by atoms with van der Waals surface area (Å²) in [5.41, 5.74) is 0. The number of likely N-dealkylation sites (tertiary alicyclic amines) is 1. The van der Waals surface area contributed by atoms with E-state index in [9.17, 15) is 14.0 Å². The minimum atomic E-state index is -1.29. The molecular formula is C8H13FN2O4. The zero-order valence-electron chi connectivity index (χ0n) is 8.51. The topological polar surface area (TPSA) is 70.1 Å². The van der Waals surface area contributed by atoms with E-state index < -0.39 is 24.2 Å². The Kier molecular flexibility index (Phi) is 3.46. The van der Waals surface area contributed by atoms with Crippen molar-refractivity contribution in [3.63, 3.8) is 0 Å². The fraction of sp³-hybridized carbons (Fsp3) is 0.750. The van der Waals surface area contributed by atoms with Crippen LogP contribution in [0, 0.1) is 0 Å². The number of carboxylic acid groups (broad SMARTS) is 1. The maximum absolute atomic E-state index is 13.0. The van der Waals surface area contributed by atoms with Gasteiger partial charge in [-0.3, -0.25) is 14.5 Å². The summed E-state index contributed by atoms with van der Waals surface area (Å²) in [5, 5.41) is 9.65. The molecule has 0 aromatic rings. The molecule has 0 saturated carbocycles. The molecule has 86 valence electrons. The van der Waals surface area contributed by atoms with Crippen LogP contribution >= 0.6 is 0 Å². The van der Waals surface area contributed by atoms with Gasteiger partial charge in [-0.2, -0.15) is 0 Å². The zero-order chi connectivity index (χ0) is 11.6. The van der Waals surface area contributed by atoms with Crippen molar-refractivity contribution in [2.45, 2.75) is 18.6 Å². The molecular weight excluding hydrogens is 207 g/mol. The van der Waals surface area contributed by atoms with E-state index in [1.807, 2.05) is 0 Å². The van der Waals surface area contributed by atoms with Crippen molar-refractivity contribution in [3.05, 3.63) is 0 Å². The summed E-state index contributed by atoms with van der Waals surface area (Å²) < 4.78 is 13.0. The van der Waals surface area contributed by atoms with Crippen LogP contribution in [-0.4, -0.2) is 60.0 Å². The van der Waals surface area contributed by atoms with Gasteiger partial charge in [-0.1, -0.05) is 0 Å². The molecule has 2 atom stereocenters. The van der Waals surface area contributed by atoms with Gasteiger partial charge in [0.15, 0.2) is 0 Å². The number of likely N-dealkylation sites (N-methyl/N-ethyl adjacent to an activating group) is 1. The van der Waals surface area contributed by atoms with Crippen LogP contribution in [-0.2, 0) is 9.63 Å². The minimum absolute atomic E-state index is 0.112. The van der Waals surface area contributed by atoms with Gasteiger partial charge >= 0.3 is 6.09 Å². The quantitative estimate of drug-likeness (QED) is 0.670. The third-order valence-corrected chi connectivity index (χ3v) is 2.37. The molecule has 6 nitrogen and oxygen atoms in total. The van der Waals surface area contributed by atoms with E-state index in [1.54, 1.807) is 0 Å². The standard InChI is InChI=1S/C8H13FN2O4/c1-10(15-2)7(12)6-3-5(9)4-11(6)8(13)14/h5-6H,3-4H2,1-2H3,(H,13,14)/t5-,6+/m1/s1. The lowest BCUT2D eigenvalue weighted by Gasteiger charge is -2.23. The number of alkyl halides is 1. The fourth-order valence-corrected chi connectivity index (χ4v) is 1.53. The van der Waals surface area contributed by atoms with Crippen LogP contribution in [0.1, 0.15) is 6.42 Å². The Hall–Kier alpha value is -1.37. The first-order valence-corrected chi connectivity index (χ1v) is 4.42. The van der Waals surface area contributed by atoms with Crippen molar-refractivity contribution in [2.24, 2.45) is 0 Å². The number of rotatable bonds is 2. The molecule has 0 aromatic heterocycles. The summed E-state index contributed by atoms with van der Waals surface area (Å²) in [6.07, 6.45) is -2.70. The Morgan fingerprint density at radius 1 is 1.60 bits per heavy atom. The van der Waals surface area contributed by atoms with Gasteiger partial charge in [-0.05, 0) is 0 Å². The van der Waals surface area contributed by atoms with Gasteiger partial charge in [-0.25, -0.2) is 14.2 Å². The molecule has 1 N–H and O–H groups in total. The molecule has 1 aliphatic rings. The number of hydrogen-bond donors (Lipinski definition) is 1. The van der Waals surface area contributed by atoms with Crippen molar-refractivity contribution in [3.8, 4) is 0 Å². The number of carbonyl (C=O) groups is 2. The summed E-state index contributed by atoms with van der Waals surface area (Å²) >= 11 is 0. The van der Waals surface area contributed by atoms with Crippen molar-refractivity contribution >= 4 is 12.0 Å². The smallest absolute Gasteiger partial charge is 0.408 e. The summed E-state index contributed by atoms with van der Waals surface area (Å²) in [6.45, 7) is -0.261. The van der Waals surface area contributed by atoms with Gasteiger partial charge in [0.2, 0.25) is 0 Å². The van der Waals surface area contributed by atoms with E-state index in [0.29, 0.717) is 0 Å². The molecule has 15 heavy (non-hydrogen) atoms. The van der Waals surface area contributed by atoms with Crippen molar-refractivity contribution in [1.82, 2.24) is 9.96 Å². The highest BCUT2D eigenvalue weighted by molar-refractivity contribution is 5.85. The first-order chi connectivity index (χ1) is 6.97.